The highest BCUT2D eigenvalue weighted by Crippen LogP contribution is 2.33. The molecule has 0 aliphatic carbocycles. The van der Waals surface area contributed by atoms with Gasteiger partial charge in [0.15, 0.2) is 34.3 Å². The van der Waals surface area contributed by atoms with Crippen molar-refractivity contribution < 1.29 is 14.2 Å². The Kier molecular flexibility index (Phi) is 7.22. The first kappa shape index (κ1) is 24.3. The van der Waals surface area contributed by atoms with Gasteiger partial charge < -0.3 is 19.5 Å². The number of fused-ring (bicyclic) bond motifs is 1. The molecule has 5 rings (SSSR count). The molecule has 1 aliphatic rings. The Morgan fingerprint density at radius 3 is 2.56 bits per heavy atom. The van der Waals surface area contributed by atoms with Crippen LogP contribution in [0.3, 0.4) is 0 Å². The molecule has 2 aromatic heterocycles. The molecule has 4 aromatic rings. The molecule has 0 spiro atoms. The molecule has 1 saturated heterocycles. The third-order valence-electron chi connectivity index (χ3n) is 6.21. The lowest BCUT2D eigenvalue weighted by molar-refractivity contribution is 0.0398. The van der Waals surface area contributed by atoms with Crippen LogP contribution in [0.15, 0.2) is 42.5 Å². The minimum Gasteiger partial charge on any atom is -0.493 e. The van der Waals surface area contributed by atoms with Gasteiger partial charge in [0.2, 0.25) is 0 Å². The highest BCUT2D eigenvalue weighted by molar-refractivity contribution is 6.30. The second-order valence-corrected chi connectivity index (χ2v) is 8.93. The molecular formula is C26H29ClN6O3. The molecule has 3 heterocycles. The molecule has 0 amide bonds. The van der Waals surface area contributed by atoms with Gasteiger partial charge in [-0.2, -0.15) is 0 Å². The molecule has 0 saturated carbocycles. The SMILES string of the molecule is COc1ccc(-n2c(C)nc3c(NCCN4CCOCC4)nc(-c4cccc(Cl)c4)nc32)cc1OC. The van der Waals surface area contributed by atoms with Crippen molar-refractivity contribution in [2.45, 2.75) is 6.92 Å². The third kappa shape index (κ3) is 4.95. The van der Waals surface area contributed by atoms with Crippen LogP contribution < -0.4 is 14.8 Å². The summed E-state index contributed by atoms with van der Waals surface area (Å²) in [5.41, 5.74) is 3.09. The molecule has 0 unspecified atom stereocenters. The number of halogens is 1. The van der Waals surface area contributed by atoms with E-state index >= 15 is 0 Å². The van der Waals surface area contributed by atoms with Gasteiger partial charge in [-0.15, -0.1) is 0 Å². The fourth-order valence-corrected chi connectivity index (χ4v) is 4.57. The van der Waals surface area contributed by atoms with Crippen LogP contribution in [0.25, 0.3) is 28.2 Å². The summed E-state index contributed by atoms with van der Waals surface area (Å²) in [6, 6.07) is 13.3. The van der Waals surface area contributed by atoms with E-state index in [1.165, 1.54) is 0 Å². The van der Waals surface area contributed by atoms with E-state index in [4.69, 9.17) is 40.8 Å². The lowest BCUT2D eigenvalue weighted by atomic mass is 10.2. The van der Waals surface area contributed by atoms with Crippen LogP contribution in [0, 0.1) is 6.92 Å². The summed E-state index contributed by atoms with van der Waals surface area (Å²) in [6.07, 6.45) is 0. The minimum atomic E-state index is 0.570. The summed E-state index contributed by atoms with van der Waals surface area (Å²) in [6.45, 7) is 6.97. The van der Waals surface area contributed by atoms with E-state index in [2.05, 4.69) is 10.2 Å². The monoisotopic (exact) mass is 508 g/mol. The fraction of sp³-hybridized carbons (Fsp3) is 0.346. The Morgan fingerprint density at radius 2 is 1.81 bits per heavy atom. The van der Waals surface area contributed by atoms with E-state index in [0.29, 0.717) is 39.3 Å². The van der Waals surface area contributed by atoms with Crippen molar-refractivity contribution in [3.05, 3.63) is 53.3 Å². The number of rotatable bonds is 8. The second-order valence-electron chi connectivity index (χ2n) is 8.49. The molecule has 2 aromatic carbocycles. The summed E-state index contributed by atoms with van der Waals surface area (Å²) >= 11 is 6.29. The molecular weight excluding hydrogens is 480 g/mol. The zero-order valence-corrected chi connectivity index (χ0v) is 21.4. The quantitative estimate of drug-likeness (QED) is 0.379. The first-order chi connectivity index (χ1) is 17.6. The van der Waals surface area contributed by atoms with E-state index in [9.17, 15) is 0 Å². The summed E-state index contributed by atoms with van der Waals surface area (Å²) in [5, 5.41) is 4.13. The topological polar surface area (TPSA) is 86.6 Å². The molecule has 0 radical (unpaired) electrons. The summed E-state index contributed by atoms with van der Waals surface area (Å²) < 4.78 is 18.4. The predicted octanol–water partition coefficient (Wildman–Crippen LogP) is 4.21. The highest BCUT2D eigenvalue weighted by Gasteiger charge is 2.20. The van der Waals surface area contributed by atoms with Crippen molar-refractivity contribution in [2.75, 3.05) is 58.9 Å². The van der Waals surface area contributed by atoms with E-state index in [1.807, 2.05) is 54.0 Å². The van der Waals surface area contributed by atoms with Crippen molar-refractivity contribution in [1.82, 2.24) is 24.4 Å². The minimum absolute atomic E-state index is 0.570. The maximum Gasteiger partial charge on any atom is 0.170 e. The standard InChI is InChI=1S/C26H29ClN6O3/c1-17-29-23-25(28-9-10-32-11-13-36-14-12-32)30-24(18-5-4-6-19(27)15-18)31-26(23)33(17)20-7-8-21(34-2)22(16-20)35-3/h4-8,15-16H,9-14H2,1-3H3,(H,28,30,31). The zero-order valence-electron chi connectivity index (χ0n) is 20.6. The van der Waals surface area contributed by atoms with E-state index < -0.39 is 0 Å². The Morgan fingerprint density at radius 1 is 1.00 bits per heavy atom. The van der Waals surface area contributed by atoms with Gasteiger partial charge >= 0.3 is 0 Å². The number of hydrogen-bond acceptors (Lipinski definition) is 8. The largest absolute Gasteiger partial charge is 0.493 e. The summed E-state index contributed by atoms with van der Waals surface area (Å²) in [7, 11) is 3.24. The summed E-state index contributed by atoms with van der Waals surface area (Å²) in [4.78, 5) is 17.0. The van der Waals surface area contributed by atoms with E-state index in [0.717, 1.165) is 56.5 Å². The zero-order chi connectivity index (χ0) is 25.1. The van der Waals surface area contributed by atoms with Crippen molar-refractivity contribution in [3.63, 3.8) is 0 Å². The number of aryl methyl sites for hydroxylation is 1. The van der Waals surface area contributed by atoms with Crippen LogP contribution in [0.4, 0.5) is 5.82 Å². The predicted molar refractivity (Wildman–Crippen MR) is 141 cm³/mol. The molecule has 1 aliphatic heterocycles. The molecule has 9 nitrogen and oxygen atoms in total. The van der Waals surface area contributed by atoms with Gasteiger partial charge in [0.05, 0.1) is 33.1 Å². The summed E-state index contributed by atoms with van der Waals surface area (Å²) in [5.74, 6) is 3.32. The number of aromatic nitrogens is 4. The van der Waals surface area contributed by atoms with Gasteiger partial charge in [-0.3, -0.25) is 9.47 Å². The van der Waals surface area contributed by atoms with Crippen LogP contribution in [-0.4, -0.2) is 78.0 Å². The highest BCUT2D eigenvalue weighted by atomic mass is 35.5. The number of methoxy groups -OCH3 is 2. The number of nitrogens with zero attached hydrogens (tertiary/aromatic N) is 5. The van der Waals surface area contributed by atoms with Crippen molar-refractivity contribution in [1.29, 1.82) is 0 Å². The number of ether oxygens (including phenoxy) is 3. The van der Waals surface area contributed by atoms with Crippen molar-refractivity contribution >= 4 is 28.6 Å². The molecule has 0 atom stereocenters. The van der Waals surface area contributed by atoms with Gasteiger partial charge in [0, 0.05) is 42.8 Å². The Balaban J connectivity index is 1.59. The molecule has 1 N–H and O–H groups in total. The number of benzene rings is 2. The van der Waals surface area contributed by atoms with E-state index in [1.54, 1.807) is 14.2 Å². The Hall–Kier alpha value is -3.40. The van der Waals surface area contributed by atoms with Crippen molar-refractivity contribution in [3.8, 4) is 28.6 Å². The first-order valence-corrected chi connectivity index (χ1v) is 12.2. The van der Waals surface area contributed by atoms with Crippen molar-refractivity contribution in [2.24, 2.45) is 0 Å². The normalized spacial score (nSPS) is 14.2. The number of morpholine rings is 1. The average Bonchev–Trinajstić information content (AvgIpc) is 3.24. The van der Waals surface area contributed by atoms with Crippen LogP contribution in [0.1, 0.15) is 5.82 Å². The lowest BCUT2D eigenvalue weighted by Crippen LogP contribution is -2.39. The lowest BCUT2D eigenvalue weighted by Gasteiger charge is -2.26. The van der Waals surface area contributed by atoms with Crippen LogP contribution >= 0.6 is 11.6 Å². The number of nitrogens with one attached hydrogen (secondary N) is 1. The second kappa shape index (κ2) is 10.7. The van der Waals surface area contributed by atoms with Gasteiger partial charge in [-0.1, -0.05) is 23.7 Å². The number of imidazole rings is 1. The van der Waals surface area contributed by atoms with Gasteiger partial charge in [0.1, 0.15) is 5.82 Å². The number of anilines is 1. The van der Waals surface area contributed by atoms with Crippen LogP contribution in [-0.2, 0) is 4.74 Å². The Labute approximate surface area is 215 Å². The Bertz CT molecular complexity index is 1370. The molecule has 10 heteroatoms. The molecule has 36 heavy (non-hydrogen) atoms. The van der Waals surface area contributed by atoms with Crippen LogP contribution in [0.5, 0.6) is 11.5 Å². The first-order valence-electron chi connectivity index (χ1n) is 11.9. The molecule has 1 fully saturated rings. The van der Waals surface area contributed by atoms with Gasteiger partial charge in [-0.05, 0) is 31.2 Å². The fourth-order valence-electron chi connectivity index (χ4n) is 4.38. The number of hydrogen-bond donors (Lipinski definition) is 1. The third-order valence-corrected chi connectivity index (χ3v) is 6.44. The maximum atomic E-state index is 6.29. The smallest absolute Gasteiger partial charge is 0.170 e. The molecule has 188 valence electrons. The van der Waals surface area contributed by atoms with Gasteiger partial charge in [0.25, 0.3) is 0 Å². The maximum absolute atomic E-state index is 6.29. The van der Waals surface area contributed by atoms with E-state index in [-0.39, 0.29) is 0 Å². The van der Waals surface area contributed by atoms with Gasteiger partial charge in [-0.25, -0.2) is 15.0 Å². The average molecular weight is 509 g/mol. The molecule has 0 bridgehead atoms. The van der Waals surface area contributed by atoms with Crippen LogP contribution in [0.2, 0.25) is 5.02 Å².